The SMILES string of the molecule is NS(=O)(=O)c1ccccc1-c1cc(NC2CCCC2)nc2[nH]ccc12. The lowest BCUT2D eigenvalue weighted by Crippen LogP contribution is -2.16. The second kappa shape index (κ2) is 6.16. The summed E-state index contributed by atoms with van der Waals surface area (Å²) in [5.41, 5.74) is 2.12. The molecule has 1 aliphatic carbocycles. The number of sulfonamides is 1. The van der Waals surface area contributed by atoms with E-state index in [1.54, 1.807) is 18.3 Å². The van der Waals surface area contributed by atoms with E-state index in [1.807, 2.05) is 18.2 Å². The molecule has 4 N–H and O–H groups in total. The van der Waals surface area contributed by atoms with Crippen LogP contribution in [0.3, 0.4) is 0 Å². The van der Waals surface area contributed by atoms with E-state index in [0.717, 1.165) is 35.3 Å². The van der Waals surface area contributed by atoms with E-state index >= 15 is 0 Å². The van der Waals surface area contributed by atoms with Gasteiger partial charge in [0.1, 0.15) is 11.5 Å². The fourth-order valence-corrected chi connectivity index (χ4v) is 4.30. The molecule has 4 rings (SSSR count). The fourth-order valence-electron chi connectivity index (χ4n) is 3.55. The van der Waals surface area contributed by atoms with Gasteiger partial charge in [0.15, 0.2) is 0 Å². The molecule has 2 aromatic heterocycles. The zero-order valence-electron chi connectivity index (χ0n) is 13.7. The van der Waals surface area contributed by atoms with Crippen molar-refractivity contribution in [1.29, 1.82) is 0 Å². The molecule has 0 bridgehead atoms. The summed E-state index contributed by atoms with van der Waals surface area (Å²) in [5.74, 6) is 0.751. The van der Waals surface area contributed by atoms with Gasteiger partial charge < -0.3 is 10.3 Å². The van der Waals surface area contributed by atoms with Crippen LogP contribution >= 0.6 is 0 Å². The predicted octanol–water partition coefficient (Wildman–Crippen LogP) is 3.23. The molecule has 0 radical (unpaired) electrons. The van der Waals surface area contributed by atoms with Gasteiger partial charge >= 0.3 is 0 Å². The molecule has 130 valence electrons. The first-order valence-corrected chi connectivity index (χ1v) is 9.94. The van der Waals surface area contributed by atoms with Crippen LogP contribution < -0.4 is 10.5 Å². The Kier molecular flexibility index (Phi) is 3.97. The normalized spacial score (nSPS) is 15.7. The number of fused-ring (bicyclic) bond motifs is 1. The third-order valence-electron chi connectivity index (χ3n) is 4.72. The molecule has 0 spiro atoms. The maximum atomic E-state index is 12.0. The quantitative estimate of drug-likeness (QED) is 0.668. The van der Waals surface area contributed by atoms with Crippen molar-refractivity contribution in [1.82, 2.24) is 9.97 Å². The van der Waals surface area contributed by atoms with E-state index < -0.39 is 10.0 Å². The molecule has 1 fully saturated rings. The zero-order chi connectivity index (χ0) is 17.4. The number of pyridine rings is 1. The molecule has 0 atom stereocenters. The second-order valence-electron chi connectivity index (χ2n) is 6.46. The van der Waals surface area contributed by atoms with Gasteiger partial charge in [-0.05, 0) is 36.6 Å². The molecule has 3 aromatic rings. The molecule has 0 aliphatic heterocycles. The lowest BCUT2D eigenvalue weighted by molar-refractivity contribution is 0.598. The van der Waals surface area contributed by atoms with E-state index in [-0.39, 0.29) is 4.90 Å². The van der Waals surface area contributed by atoms with Crippen LogP contribution in [0, 0.1) is 0 Å². The summed E-state index contributed by atoms with van der Waals surface area (Å²) in [4.78, 5) is 7.87. The molecule has 6 nitrogen and oxygen atoms in total. The summed E-state index contributed by atoms with van der Waals surface area (Å²) in [6.07, 6.45) is 6.52. The maximum absolute atomic E-state index is 12.0. The number of aromatic nitrogens is 2. The van der Waals surface area contributed by atoms with Gasteiger partial charge in [-0.15, -0.1) is 0 Å². The minimum Gasteiger partial charge on any atom is -0.367 e. The van der Waals surface area contributed by atoms with E-state index in [2.05, 4.69) is 15.3 Å². The highest BCUT2D eigenvalue weighted by Gasteiger charge is 2.20. The highest BCUT2D eigenvalue weighted by molar-refractivity contribution is 7.89. The van der Waals surface area contributed by atoms with Gasteiger partial charge in [0.2, 0.25) is 10.0 Å². The minimum absolute atomic E-state index is 0.121. The number of nitrogens with one attached hydrogen (secondary N) is 2. The van der Waals surface area contributed by atoms with Gasteiger partial charge in [-0.25, -0.2) is 18.5 Å². The first kappa shape index (κ1) is 16.1. The smallest absolute Gasteiger partial charge is 0.238 e. The number of benzene rings is 1. The van der Waals surface area contributed by atoms with Crippen LogP contribution in [0.15, 0.2) is 47.5 Å². The van der Waals surface area contributed by atoms with Crippen molar-refractivity contribution < 1.29 is 8.42 Å². The van der Waals surface area contributed by atoms with Crippen molar-refractivity contribution in [2.75, 3.05) is 5.32 Å². The number of nitrogens with zero attached hydrogens (tertiary/aromatic N) is 1. The number of rotatable bonds is 4. The summed E-state index contributed by atoms with van der Waals surface area (Å²) in [6.45, 7) is 0. The molecule has 0 saturated heterocycles. The van der Waals surface area contributed by atoms with Crippen molar-refractivity contribution >= 4 is 26.9 Å². The summed E-state index contributed by atoms with van der Waals surface area (Å²) in [7, 11) is -3.82. The Morgan fingerprint density at radius 3 is 2.64 bits per heavy atom. The van der Waals surface area contributed by atoms with Crippen LogP contribution in [0.4, 0.5) is 5.82 Å². The summed E-state index contributed by atoms with van der Waals surface area (Å²) >= 11 is 0. The van der Waals surface area contributed by atoms with Crippen LogP contribution in [0.25, 0.3) is 22.2 Å². The second-order valence-corrected chi connectivity index (χ2v) is 7.99. The molecule has 2 heterocycles. The van der Waals surface area contributed by atoms with Gasteiger partial charge in [-0.1, -0.05) is 31.0 Å². The first-order chi connectivity index (χ1) is 12.0. The molecule has 1 saturated carbocycles. The van der Waals surface area contributed by atoms with Gasteiger partial charge in [0.05, 0.1) is 4.90 Å². The minimum atomic E-state index is -3.82. The lowest BCUT2D eigenvalue weighted by Gasteiger charge is -2.15. The largest absolute Gasteiger partial charge is 0.367 e. The van der Waals surface area contributed by atoms with Gasteiger partial charge in [0.25, 0.3) is 0 Å². The van der Waals surface area contributed by atoms with Crippen LogP contribution in [-0.4, -0.2) is 24.4 Å². The summed E-state index contributed by atoms with van der Waals surface area (Å²) < 4.78 is 24.0. The van der Waals surface area contributed by atoms with Crippen LogP contribution in [0.5, 0.6) is 0 Å². The van der Waals surface area contributed by atoms with E-state index in [4.69, 9.17) is 5.14 Å². The number of hydrogen-bond donors (Lipinski definition) is 3. The third-order valence-corrected chi connectivity index (χ3v) is 5.69. The Morgan fingerprint density at radius 1 is 1.12 bits per heavy atom. The van der Waals surface area contributed by atoms with Crippen molar-refractivity contribution in [3.63, 3.8) is 0 Å². The zero-order valence-corrected chi connectivity index (χ0v) is 14.5. The number of nitrogens with two attached hydrogens (primary N) is 1. The molecule has 7 heteroatoms. The van der Waals surface area contributed by atoms with Gasteiger partial charge in [-0.2, -0.15) is 0 Å². The molecule has 1 aromatic carbocycles. The topological polar surface area (TPSA) is 101 Å². The number of primary sulfonamides is 1. The van der Waals surface area contributed by atoms with Gasteiger partial charge in [0, 0.05) is 23.2 Å². The number of aromatic amines is 1. The van der Waals surface area contributed by atoms with Crippen LogP contribution in [0.2, 0.25) is 0 Å². The van der Waals surface area contributed by atoms with E-state index in [1.165, 1.54) is 18.9 Å². The highest BCUT2D eigenvalue weighted by atomic mass is 32.2. The predicted molar refractivity (Wildman–Crippen MR) is 98.8 cm³/mol. The van der Waals surface area contributed by atoms with Crippen molar-refractivity contribution in [3.8, 4) is 11.1 Å². The molecular formula is C18H20N4O2S. The third kappa shape index (κ3) is 3.12. The van der Waals surface area contributed by atoms with Crippen molar-refractivity contribution in [3.05, 3.63) is 42.6 Å². The molecule has 25 heavy (non-hydrogen) atoms. The highest BCUT2D eigenvalue weighted by Crippen LogP contribution is 2.34. The van der Waals surface area contributed by atoms with Crippen LogP contribution in [0.1, 0.15) is 25.7 Å². The Hall–Kier alpha value is -2.38. The van der Waals surface area contributed by atoms with E-state index in [0.29, 0.717) is 11.6 Å². The van der Waals surface area contributed by atoms with Crippen LogP contribution in [-0.2, 0) is 10.0 Å². The molecule has 0 amide bonds. The Bertz CT molecular complexity index is 1020. The summed E-state index contributed by atoms with van der Waals surface area (Å²) in [6, 6.07) is 11.0. The number of anilines is 1. The monoisotopic (exact) mass is 356 g/mol. The van der Waals surface area contributed by atoms with Gasteiger partial charge in [-0.3, -0.25) is 0 Å². The fraction of sp³-hybridized carbons (Fsp3) is 0.278. The number of H-pyrrole nitrogens is 1. The molecule has 1 aliphatic rings. The number of hydrogen-bond acceptors (Lipinski definition) is 4. The molecular weight excluding hydrogens is 336 g/mol. The average molecular weight is 356 g/mol. The first-order valence-electron chi connectivity index (χ1n) is 8.39. The maximum Gasteiger partial charge on any atom is 0.238 e. The standard InChI is InChI=1S/C18H20N4O2S/c19-25(23,24)16-8-4-3-7-13(16)15-11-17(21-12-5-1-2-6-12)22-18-14(15)9-10-20-18/h3-4,7-12H,1-2,5-6H2,(H2,19,23,24)(H2,20,21,22). The average Bonchev–Trinajstić information content (AvgIpc) is 3.25. The Morgan fingerprint density at radius 2 is 1.88 bits per heavy atom. The molecule has 0 unspecified atom stereocenters. The lowest BCUT2D eigenvalue weighted by atomic mass is 10.0. The Balaban J connectivity index is 1.88. The van der Waals surface area contributed by atoms with Crippen molar-refractivity contribution in [2.24, 2.45) is 5.14 Å². The van der Waals surface area contributed by atoms with E-state index in [9.17, 15) is 8.42 Å². The van der Waals surface area contributed by atoms with Crippen molar-refractivity contribution in [2.45, 2.75) is 36.6 Å². The summed E-state index contributed by atoms with van der Waals surface area (Å²) in [5, 5.41) is 9.77. The Labute approximate surface area is 146 Å².